The lowest BCUT2D eigenvalue weighted by Gasteiger charge is -2.51. The Morgan fingerprint density at radius 3 is 2.52 bits per heavy atom. The van der Waals surface area contributed by atoms with Crippen LogP contribution in [-0.4, -0.2) is 105 Å². The quantitative estimate of drug-likeness (QED) is 0.578. The molecule has 0 aromatic heterocycles. The summed E-state index contributed by atoms with van der Waals surface area (Å²) in [6.07, 6.45) is 8.91. The Bertz CT molecular complexity index is 688. The molecule has 6 aliphatic rings. The molecule has 0 amide bonds. The Hall–Kier alpha value is 0.1000. The largest absolute Gasteiger partial charge is 0.302 e. The van der Waals surface area contributed by atoms with Gasteiger partial charge in [-0.15, -0.1) is 11.8 Å². The van der Waals surface area contributed by atoms with Crippen molar-refractivity contribution < 1.29 is 8.42 Å². The van der Waals surface area contributed by atoms with Crippen LogP contribution in [0.15, 0.2) is 0 Å². The third-order valence-corrected chi connectivity index (χ3v) is 12.2. The van der Waals surface area contributed by atoms with Gasteiger partial charge in [0.25, 0.3) is 0 Å². The van der Waals surface area contributed by atoms with Crippen molar-refractivity contribution in [3.63, 3.8) is 0 Å². The van der Waals surface area contributed by atoms with Gasteiger partial charge < -0.3 is 10.2 Å². The van der Waals surface area contributed by atoms with Crippen LogP contribution in [0.2, 0.25) is 0 Å². The molecule has 6 heterocycles. The zero-order valence-electron chi connectivity index (χ0n) is 18.9. The summed E-state index contributed by atoms with van der Waals surface area (Å²) in [5.41, 5.74) is 0. The van der Waals surface area contributed by atoms with Crippen molar-refractivity contribution in [2.45, 2.75) is 61.7 Å². The molecule has 9 heteroatoms. The second-order valence-electron chi connectivity index (χ2n) is 10.3. The lowest BCUT2D eigenvalue weighted by Crippen LogP contribution is -2.60. The molecule has 7 nitrogen and oxygen atoms in total. The number of fused-ring (bicyclic) bond motifs is 3. The molecule has 3 unspecified atom stereocenters. The van der Waals surface area contributed by atoms with Gasteiger partial charge in [0, 0.05) is 51.9 Å². The average Bonchev–Trinajstić information content (AvgIpc) is 3.36. The van der Waals surface area contributed by atoms with E-state index in [4.69, 9.17) is 0 Å². The second-order valence-corrected chi connectivity index (χ2v) is 13.9. The molecule has 2 bridgehead atoms. The van der Waals surface area contributed by atoms with E-state index in [1.807, 2.05) is 0 Å². The van der Waals surface area contributed by atoms with Crippen LogP contribution in [-0.2, 0) is 10.0 Å². The predicted molar refractivity (Wildman–Crippen MR) is 128 cm³/mol. The van der Waals surface area contributed by atoms with Gasteiger partial charge >= 0.3 is 0 Å². The van der Waals surface area contributed by atoms with Crippen LogP contribution in [0, 0.1) is 11.8 Å². The molecule has 6 aliphatic heterocycles. The van der Waals surface area contributed by atoms with Crippen LogP contribution < -0.4 is 10.0 Å². The highest BCUT2D eigenvalue weighted by molar-refractivity contribution is 8.13. The Labute approximate surface area is 193 Å². The third-order valence-electron chi connectivity index (χ3n) is 8.39. The third kappa shape index (κ3) is 5.44. The van der Waals surface area contributed by atoms with E-state index in [-0.39, 0.29) is 4.58 Å². The zero-order chi connectivity index (χ0) is 21.3. The summed E-state index contributed by atoms with van der Waals surface area (Å²) < 4.78 is 27.9. The lowest BCUT2D eigenvalue weighted by molar-refractivity contribution is -0.0198. The fraction of sp³-hybridized carbons (Fsp3) is 1.00. The van der Waals surface area contributed by atoms with Crippen molar-refractivity contribution >= 4 is 21.8 Å². The molecule has 0 aliphatic carbocycles. The molecule has 0 aromatic rings. The molecule has 178 valence electrons. The fourth-order valence-corrected chi connectivity index (χ4v) is 9.73. The molecule has 6 fully saturated rings. The van der Waals surface area contributed by atoms with Crippen LogP contribution in [0.5, 0.6) is 0 Å². The van der Waals surface area contributed by atoms with E-state index in [1.165, 1.54) is 65.0 Å². The molecule has 0 spiro atoms. The lowest BCUT2D eigenvalue weighted by atomic mass is 9.75. The number of hydrogen-bond donors (Lipinski definition) is 2. The molecule has 6 rings (SSSR count). The second kappa shape index (κ2) is 10.2. The summed E-state index contributed by atoms with van der Waals surface area (Å²) in [6.45, 7) is 10.1. The number of nitrogens with zero attached hydrogens (tertiary/aromatic N) is 3. The van der Waals surface area contributed by atoms with Gasteiger partial charge in [-0.25, -0.2) is 13.1 Å². The molecule has 31 heavy (non-hydrogen) atoms. The van der Waals surface area contributed by atoms with Crippen molar-refractivity contribution in [2.75, 3.05) is 64.7 Å². The van der Waals surface area contributed by atoms with Gasteiger partial charge in [-0.05, 0) is 75.6 Å². The van der Waals surface area contributed by atoms with Crippen LogP contribution in [0.4, 0.5) is 0 Å². The molecule has 2 N–H and O–H groups in total. The van der Waals surface area contributed by atoms with Gasteiger partial charge in [0.05, 0.1) is 6.17 Å². The van der Waals surface area contributed by atoms with Gasteiger partial charge in [0.1, 0.15) is 4.58 Å². The van der Waals surface area contributed by atoms with Gasteiger partial charge in [0.2, 0.25) is 10.0 Å². The Morgan fingerprint density at radius 2 is 1.84 bits per heavy atom. The van der Waals surface area contributed by atoms with Crippen LogP contribution in [0.1, 0.15) is 44.9 Å². The first kappa shape index (κ1) is 22.9. The summed E-state index contributed by atoms with van der Waals surface area (Å²) in [6, 6.07) is 0.394. The van der Waals surface area contributed by atoms with E-state index in [9.17, 15) is 8.42 Å². The molecular weight excluding hydrogens is 430 g/mol. The van der Waals surface area contributed by atoms with Crippen molar-refractivity contribution in [3.05, 3.63) is 0 Å². The van der Waals surface area contributed by atoms with Gasteiger partial charge in [0.15, 0.2) is 0 Å². The SMILES string of the molecule is O=S(=O)(NC[C@H]1C[C@@H]2CCN1C[C@H]2CN1CCN(C2CCCCN2)CC1)C1CCCS1. The van der Waals surface area contributed by atoms with Crippen molar-refractivity contribution in [2.24, 2.45) is 11.8 Å². The highest BCUT2D eigenvalue weighted by Crippen LogP contribution is 2.37. The average molecular weight is 472 g/mol. The molecule has 0 saturated carbocycles. The molecule has 6 saturated heterocycles. The van der Waals surface area contributed by atoms with Crippen molar-refractivity contribution in [1.29, 1.82) is 0 Å². The number of nitrogens with one attached hydrogen (secondary N) is 2. The van der Waals surface area contributed by atoms with Crippen molar-refractivity contribution in [1.82, 2.24) is 24.7 Å². The topological polar surface area (TPSA) is 67.9 Å². The summed E-state index contributed by atoms with van der Waals surface area (Å²) in [5.74, 6) is 2.50. The maximum absolute atomic E-state index is 12.6. The molecule has 0 aromatic carbocycles. The fourth-order valence-electron chi connectivity index (χ4n) is 6.50. The van der Waals surface area contributed by atoms with Gasteiger partial charge in [-0.2, -0.15) is 0 Å². The van der Waals surface area contributed by atoms with E-state index in [0.29, 0.717) is 18.8 Å². The maximum Gasteiger partial charge on any atom is 0.223 e. The van der Waals surface area contributed by atoms with Crippen LogP contribution >= 0.6 is 11.8 Å². The summed E-state index contributed by atoms with van der Waals surface area (Å²) in [4.78, 5) is 7.94. The first-order valence-corrected chi connectivity index (χ1v) is 15.2. The van der Waals surface area contributed by atoms with Crippen molar-refractivity contribution in [3.8, 4) is 0 Å². The molecular formula is C22H41N5O2S2. The maximum atomic E-state index is 12.6. The molecule has 6 atom stereocenters. The summed E-state index contributed by atoms with van der Waals surface area (Å²) in [5, 5.41) is 3.70. The predicted octanol–water partition coefficient (Wildman–Crippen LogP) is 1.19. The Balaban J connectivity index is 1.07. The standard InChI is InChI=1S/C22H41N5O2S2/c28-31(29,22-5-3-13-30-22)24-15-20-14-18-6-8-27(20)17-19(18)16-25-9-11-26(12-10-25)21-4-1-2-7-23-21/h18-24H,1-17H2/t18-,19+,20+,21?,22?/m0/s1. The van der Waals surface area contributed by atoms with E-state index >= 15 is 0 Å². The highest BCUT2D eigenvalue weighted by Gasteiger charge is 2.41. The Morgan fingerprint density at radius 1 is 0.968 bits per heavy atom. The number of hydrogen-bond acceptors (Lipinski definition) is 7. The smallest absolute Gasteiger partial charge is 0.223 e. The summed E-state index contributed by atoms with van der Waals surface area (Å²) in [7, 11) is -3.16. The summed E-state index contributed by atoms with van der Waals surface area (Å²) >= 11 is 1.60. The highest BCUT2D eigenvalue weighted by atomic mass is 32.3. The normalized spacial score (nSPS) is 40.4. The first-order valence-electron chi connectivity index (χ1n) is 12.6. The van der Waals surface area contributed by atoms with Crippen LogP contribution in [0.25, 0.3) is 0 Å². The number of rotatable bonds is 7. The van der Waals surface area contributed by atoms with E-state index in [2.05, 4.69) is 24.7 Å². The number of piperidine rings is 4. The van der Waals surface area contributed by atoms with E-state index < -0.39 is 10.0 Å². The Kier molecular flexibility index (Phi) is 7.49. The first-order chi connectivity index (χ1) is 15.1. The number of piperazine rings is 1. The minimum Gasteiger partial charge on any atom is -0.302 e. The van der Waals surface area contributed by atoms with Gasteiger partial charge in [-0.3, -0.25) is 9.80 Å². The minimum atomic E-state index is -3.16. The van der Waals surface area contributed by atoms with Crippen LogP contribution in [0.3, 0.4) is 0 Å². The minimum absolute atomic E-state index is 0.224. The zero-order valence-corrected chi connectivity index (χ0v) is 20.5. The van der Waals surface area contributed by atoms with E-state index in [0.717, 1.165) is 49.9 Å². The van der Waals surface area contributed by atoms with Gasteiger partial charge in [-0.1, -0.05) is 0 Å². The van der Waals surface area contributed by atoms with E-state index in [1.54, 1.807) is 11.8 Å². The number of thioether (sulfide) groups is 1. The monoisotopic (exact) mass is 471 g/mol. The molecule has 0 radical (unpaired) electrons. The number of sulfonamides is 1.